The van der Waals surface area contributed by atoms with E-state index in [1.165, 1.54) is 0 Å². The first-order chi connectivity index (χ1) is 7.19. The van der Waals surface area contributed by atoms with Crippen molar-refractivity contribution in [1.29, 1.82) is 0 Å². The van der Waals surface area contributed by atoms with Crippen molar-refractivity contribution in [3.8, 4) is 0 Å². The normalized spacial score (nSPS) is 10.7. The van der Waals surface area contributed by atoms with Gasteiger partial charge in [0.25, 0.3) is 0 Å². The molecule has 0 unspecified atom stereocenters. The zero-order valence-electron chi connectivity index (χ0n) is 9.09. The molecule has 1 rings (SSSR count). The highest BCUT2D eigenvalue weighted by molar-refractivity contribution is 5.30. The van der Waals surface area contributed by atoms with Crippen LogP contribution in [0.2, 0.25) is 0 Å². The summed E-state index contributed by atoms with van der Waals surface area (Å²) in [6, 6.07) is 0.233. The van der Waals surface area contributed by atoms with Crippen molar-refractivity contribution in [3.05, 3.63) is 18.0 Å². The topological polar surface area (TPSA) is 69.5 Å². The van der Waals surface area contributed by atoms with Gasteiger partial charge in [-0.05, 0) is 13.8 Å². The van der Waals surface area contributed by atoms with Crippen LogP contribution in [0.5, 0.6) is 0 Å². The highest BCUT2D eigenvalue weighted by Gasteiger charge is 2.12. The van der Waals surface area contributed by atoms with Crippen LogP contribution in [0.3, 0.4) is 0 Å². The summed E-state index contributed by atoms with van der Waals surface area (Å²) in [7, 11) is 0. The van der Waals surface area contributed by atoms with Gasteiger partial charge >= 0.3 is 0 Å². The van der Waals surface area contributed by atoms with Crippen LogP contribution in [0, 0.1) is 0 Å². The molecule has 0 radical (unpaired) electrons. The van der Waals surface area contributed by atoms with E-state index in [2.05, 4.69) is 9.97 Å². The second kappa shape index (κ2) is 5.63. The minimum atomic E-state index is -0.0536. The average Bonchev–Trinajstić information content (AvgIpc) is 2.26. The minimum absolute atomic E-state index is 0.0536. The number of rotatable bonds is 5. The Hall–Kier alpha value is -1.20. The number of aromatic nitrogens is 2. The van der Waals surface area contributed by atoms with Gasteiger partial charge in [-0.2, -0.15) is 0 Å². The molecule has 1 heterocycles. The number of aliphatic hydroxyl groups excluding tert-OH is 2. The second-order valence-corrected chi connectivity index (χ2v) is 3.56. The number of hydrogen-bond donors (Lipinski definition) is 2. The Bertz CT molecular complexity index is 287. The lowest BCUT2D eigenvalue weighted by Gasteiger charge is -2.25. The second-order valence-electron chi connectivity index (χ2n) is 3.56. The van der Waals surface area contributed by atoms with Crippen LogP contribution < -0.4 is 4.90 Å². The summed E-state index contributed by atoms with van der Waals surface area (Å²) in [6.07, 6.45) is 3.18. The lowest BCUT2D eigenvalue weighted by atomic mass is 10.3. The van der Waals surface area contributed by atoms with Crippen molar-refractivity contribution in [3.63, 3.8) is 0 Å². The van der Waals surface area contributed by atoms with Gasteiger partial charge in [0, 0.05) is 30.5 Å². The van der Waals surface area contributed by atoms with Crippen LogP contribution in [-0.2, 0) is 6.61 Å². The molecule has 0 fully saturated rings. The molecule has 0 saturated heterocycles. The number of hydrogen-bond acceptors (Lipinski definition) is 5. The fourth-order valence-corrected chi connectivity index (χ4v) is 1.27. The predicted molar refractivity (Wildman–Crippen MR) is 57.5 cm³/mol. The summed E-state index contributed by atoms with van der Waals surface area (Å²) in [5.41, 5.74) is 0.687. The van der Waals surface area contributed by atoms with E-state index in [0.717, 1.165) is 0 Å². The van der Waals surface area contributed by atoms with Crippen molar-refractivity contribution < 1.29 is 10.2 Å². The molecule has 0 aliphatic carbocycles. The van der Waals surface area contributed by atoms with E-state index in [-0.39, 0.29) is 19.3 Å². The summed E-state index contributed by atoms with van der Waals surface area (Å²) in [6.45, 7) is 4.55. The van der Waals surface area contributed by atoms with Crippen molar-refractivity contribution in [1.82, 2.24) is 9.97 Å². The molecule has 0 saturated carbocycles. The predicted octanol–water partition coefficient (Wildman–Crippen LogP) is 0.176. The third-order valence-electron chi connectivity index (χ3n) is 2.10. The van der Waals surface area contributed by atoms with Crippen molar-refractivity contribution in [2.75, 3.05) is 18.1 Å². The van der Waals surface area contributed by atoms with Gasteiger partial charge in [-0.15, -0.1) is 0 Å². The average molecular weight is 211 g/mol. The van der Waals surface area contributed by atoms with Gasteiger partial charge in [-0.25, -0.2) is 9.97 Å². The first-order valence-corrected chi connectivity index (χ1v) is 4.98. The van der Waals surface area contributed by atoms with Gasteiger partial charge in [0.2, 0.25) is 5.95 Å². The Kier molecular flexibility index (Phi) is 4.45. The molecule has 1 aromatic rings. The largest absolute Gasteiger partial charge is 0.395 e. The number of nitrogens with zero attached hydrogens (tertiary/aromatic N) is 3. The number of anilines is 1. The monoisotopic (exact) mass is 211 g/mol. The van der Waals surface area contributed by atoms with Crippen molar-refractivity contribution in [2.45, 2.75) is 26.5 Å². The molecule has 0 aliphatic heterocycles. The SMILES string of the molecule is CC(C)N(CCO)c1ncc(CO)cn1. The van der Waals surface area contributed by atoms with Gasteiger partial charge in [0.05, 0.1) is 13.2 Å². The van der Waals surface area contributed by atoms with Crippen LogP contribution in [0.4, 0.5) is 5.95 Å². The van der Waals surface area contributed by atoms with Crippen molar-refractivity contribution >= 4 is 5.95 Å². The number of aliphatic hydroxyl groups is 2. The maximum absolute atomic E-state index is 8.91. The van der Waals surface area contributed by atoms with Gasteiger partial charge in [-0.3, -0.25) is 0 Å². The molecular formula is C10H17N3O2. The Morgan fingerprint density at radius 1 is 1.27 bits per heavy atom. The van der Waals surface area contributed by atoms with E-state index in [9.17, 15) is 0 Å². The van der Waals surface area contributed by atoms with Crippen LogP contribution >= 0.6 is 0 Å². The molecule has 5 heteroatoms. The van der Waals surface area contributed by atoms with Crippen molar-refractivity contribution in [2.24, 2.45) is 0 Å². The van der Waals surface area contributed by atoms with Crippen LogP contribution in [0.25, 0.3) is 0 Å². The lowest BCUT2D eigenvalue weighted by Crippen LogP contribution is -2.34. The maximum Gasteiger partial charge on any atom is 0.225 e. The van der Waals surface area contributed by atoms with E-state index in [4.69, 9.17) is 10.2 Å². The summed E-state index contributed by atoms with van der Waals surface area (Å²) in [5, 5.41) is 17.8. The fraction of sp³-hybridized carbons (Fsp3) is 0.600. The third kappa shape index (κ3) is 3.14. The van der Waals surface area contributed by atoms with E-state index >= 15 is 0 Å². The molecular weight excluding hydrogens is 194 g/mol. The van der Waals surface area contributed by atoms with Gasteiger partial charge in [-0.1, -0.05) is 0 Å². The minimum Gasteiger partial charge on any atom is -0.395 e. The Morgan fingerprint density at radius 2 is 1.87 bits per heavy atom. The Morgan fingerprint density at radius 3 is 2.27 bits per heavy atom. The molecule has 1 aromatic heterocycles. The van der Waals surface area contributed by atoms with Crippen LogP contribution in [0.1, 0.15) is 19.4 Å². The standard InChI is InChI=1S/C10H17N3O2/c1-8(2)13(3-4-14)10-11-5-9(7-15)6-12-10/h5-6,8,14-15H,3-4,7H2,1-2H3. The quantitative estimate of drug-likeness (QED) is 0.727. The molecule has 2 N–H and O–H groups in total. The van der Waals surface area contributed by atoms with Crippen LogP contribution in [0.15, 0.2) is 12.4 Å². The fourth-order valence-electron chi connectivity index (χ4n) is 1.27. The molecule has 0 amide bonds. The third-order valence-corrected chi connectivity index (χ3v) is 2.10. The van der Waals surface area contributed by atoms with E-state index < -0.39 is 0 Å². The highest BCUT2D eigenvalue weighted by atomic mass is 16.3. The Labute approximate surface area is 89.4 Å². The van der Waals surface area contributed by atoms with Gasteiger partial charge < -0.3 is 15.1 Å². The molecule has 0 bridgehead atoms. The maximum atomic E-state index is 8.91. The van der Waals surface area contributed by atoms with E-state index in [1.54, 1.807) is 12.4 Å². The van der Waals surface area contributed by atoms with E-state index in [0.29, 0.717) is 18.1 Å². The summed E-state index contributed by atoms with van der Waals surface area (Å²) in [5.74, 6) is 0.580. The summed E-state index contributed by atoms with van der Waals surface area (Å²) >= 11 is 0. The Balaban J connectivity index is 2.81. The molecule has 0 aromatic carbocycles. The van der Waals surface area contributed by atoms with Gasteiger partial charge in [0.15, 0.2) is 0 Å². The van der Waals surface area contributed by atoms with Crippen LogP contribution in [-0.4, -0.2) is 39.4 Å². The smallest absolute Gasteiger partial charge is 0.225 e. The summed E-state index contributed by atoms with van der Waals surface area (Å²) in [4.78, 5) is 10.2. The first-order valence-electron chi connectivity index (χ1n) is 4.98. The molecule has 0 aliphatic rings. The molecule has 15 heavy (non-hydrogen) atoms. The van der Waals surface area contributed by atoms with E-state index in [1.807, 2.05) is 18.7 Å². The summed E-state index contributed by atoms with van der Waals surface area (Å²) < 4.78 is 0. The zero-order chi connectivity index (χ0) is 11.3. The zero-order valence-corrected chi connectivity index (χ0v) is 9.09. The highest BCUT2D eigenvalue weighted by Crippen LogP contribution is 2.10. The molecule has 0 spiro atoms. The molecule has 5 nitrogen and oxygen atoms in total. The first kappa shape index (κ1) is 11.9. The van der Waals surface area contributed by atoms with Gasteiger partial charge in [0.1, 0.15) is 0 Å². The lowest BCUT2D eigenvalue weighted by molar-refractivity contribution is 0.280. The molecule has 84 valence electrons. The molecule has 0 atom stereocenters.